The van der Waals surface area contributed by atoms with E-state index in [4.69, 9.17) is 9.72 Å². The number of amides is 1. The number of morpholine rings is 1. The molecular formula is C42H69N5O2. The zero-order chi connectivity index (χ0) is 36.3. The second-order valence-electron chi connectivity index (χ2n) is 12.8. The van der Waals surface area contributed by atoms with Gasteiger partial charge in [0.25, 0.3) is 5.91 Å². The summed E-state index contributed by atoms with van der Waals surface area (Å²) in [4.78, 5) is 23.1. The van der Waals surface area contributed by atoms with Gasteiger partial charge in [-0.25, -0.2) is 0 Å². The van der Waals surface area contributed by atoms with Crippen molar-refractivity contribution in [2.45, 2.75) is 126 Å². The molecule has 0 bridgehead atoms. The van der Waals surface area contributed by atoms with Gasteiger partial charge in [-0.1, -0.05) is 67.5 Å². The lowest BCUT2D eigenvalue weighted by molar-refractivity contribution is 0.0150. The third kappa shape index (κ3) is 12.1. The Morgan fingerprint density at radius 3 is 2.27 bits per heavy atom. The summed E-state index contributed by atoms with van der Waals surface area (Å²) in [5.41, 5.74) is 7.19. The minimum atomic E-state index is -0.0990. The van der Waals surface area contributed by atoms with Crippen molar-refractivity contribution in [2.24, 2.45) is 7.05 Å². The van der Waals surface area contributed by atoms with Crippen LogP contribution in [0.25, 0.3) is 16.5 Å². The number of rotatable bonds is 11. The van der Waals surface area contributed by atoms with Gasteiger partial charge in [-0.15, -0.1) is 0 Å². The molecule has 5 rings (SSSR count). The van der Waals surface area contributed by atoms with Crippen LogP contribution in [-0.4, -0.2) is 76.7 Å². The Balaban J connectivity index is 0.000000473. The summed E-state index contributed by atoms with van der Waals surface area (Å²) in [5.74, 6) is -0.0990. The third-order valence-electron chi connectivity index (χ3n) is 9.53. The van der Waals surface area contributed by atoms with Gasteiger partial charge in [0.1, 0.15) is 0 Å². The van der Waals surface area contributed by atoms with E-state index >= 15 is 0 Å². The van der Waals surface area contributed by atoms with Crippen molar-refractivity contribution in [2.75, 3.05) is 44.7 Å². The number of hydrogen-bond acceptors (Lipinski definition) is 5. The Labute approximate surface area is 299 Å². The molecule has 0 radical (unpaired) electrons. The number of nitrogens with one attached hydrogen (secondary N) is 1. The van der Waals surface area contributed by atoms with Crippen molar-refractivity contribution in [3.05, 3.63) is 65.1 Å². The Bertz CT molecular complexity index is 1420. The van der Waals surface area contributed by atoms with Gasteiger partial charge in [0.2, 0.25) is 0 Å². The van der Waals surface area contributed by atoms with E-state index in [1.165, 1.54) is 43.5 Å². The quantitative estimate of drug-likeness (QED) is 0.219. The molecule has 0 spiro atoms. The number of hydrogen-bond donors (Lipinski definition) is 1. The summed E-state index contributed by atoms with van der Waals surface area (Å²) in [5, 5.41) is 4.06. The van der Waals surface area contributed by atoms with Gasteiger partial charge < -0.3 is 19.5 Å². The number of fused-ring (bicyclic) bond motifs is 1. The second kappa shape index (κ2) is 22.7. The molecule has 49 heavy (non-hydrogen) atoms. The fourth-order valence-corrected chi connectivity index (χ4v) is 6.71. The lowest BCUT2D eigenvalue weighted by Crippen LogP contribution is -2.43. The molecule has 7 nitrogen and oxygen atoms in total. The zero-order valence-electron chi connectivity index (χ0n) is 33.0. The molecule has 1 saturated heterocycles. The maximum Gasteiger partial charge on any atom is 0.257 e. The van der Waals surface area contributed by atoms with E-state index in [0.717, 1.165) is 85.9 Å². The number of aryl methyl sites for hydroxylation is 3. The number of ether oxygens (including phenoxy) is 1. The molecule has 3 aromatic rings. The van der Waals surface area contributed by atoms with E-state index in [0.29, 0.717) is 11.6 Å². The summed E-state index contributed by atoms with van der Waals surface area (Å²) in [6, 6.07) is 9.76. The van der Waals surface area contributed by atoms with Crippen LogP contribution in [0.2, 0.25) is 0 Å². The number of benzene rings is 1. The first-order valence-corrected chi connectivity index (χ1v) is 19.4. The van der Waals surface area contributed by atoms with Crippen LogP contribution in [0.4, 0.5) is 5.69 Å². The molecule has 0 saturated carbocycles. The molecule has 2 unspecified atom stereocenters. The summed E-state index contributed by atoms with van der Waals surface area (Å²) in [6.07, 6.45) is 14.1. The normalized spacial score (nSPS) is 16.7. The van der Waals surface area contributed by atoms with Crippen molar-refractivity contribution in [3.8, 4) is 0 Å². The maximum absolute atomic E-state index is 13.1. The lowest BCUT2D eigenvalue weighted by atomic mass is 9.90. The third-order valence-corrected chi connectivity index (χ3v) is 9.53. The molecule has 1 N–H and O–H groups in total. The van der Waals surface area contributed by atoms with Crippen LogP contribution in [0.1, 0.15) is 128 Å². The minimum absolute atomic E-state index is 0.0990. The molecule has 1 fully saturated rings. The zero-order valence-corrected chi connectivity index (χ0v) is 33.0. The highest BCUT2D eigenvalue weighted by Gasteiger charge is 2.24. The van der Waals surface area contributed by atoms with E-state index in [1.807, 2.05) is 51.6 Å². The molecular weight excluding hydrogens is 606 g/mol. The summed E-state index contributed by atoms with van der Waals surface area (Å²) < 4.78 is 7.51. The van der Waals surface area contributed by atoms with Crippen LogP contribution in [0.3, 0.4) is 0 Å². The largest absolute Gasteiger partial charge is 0.379 e. The molecule has 1 amide bonds. The molecule has 3 heterocycles. The predicted molar refractivity (Wildman–Crippen MR) is 212 cm³/mol. The van der Waals surface area contributed by atoms with Crippen LogP contribution in [-0.2, 0) is 18.2 Å². The first-order chi connectivity index (χ1) is 23.8. The van der Waals surface area contributed by atoms with Crippen molar-refractivity contribution in [3.63, 3.8) is 0 Å². The first kappa shape index (κ1) is 42.2. The van der Waals surface area contributed by atoms with Gasteiger partial charge in [0.05, 0.1) is 36.4 Å². The predicted octanol–water partition coefficient (Wildman–Crippen LogP) is 9.92. The number of aromatic nitrogens is 2. The van der Waals surface area contributed by atoms with E-state index in [2.05, 4.69) is 80.9 Å². The van der Waals surface area contributed by atoms with E-state index < -0.39 is 0 Å². The lowest BCUT2D eigenvalue weighted by Gasteiger charge is -2.36. The average Bonchev–Trinajstić information content (AvgIpc) is 3.49. The number of nitrogens with zero attached hydrogens (tertiary/aromatic N) is 4. The number of carbonyl (C=O) groups excluding carboxylic acids is 1. The van der Waals surface area contributed by atoms with Gasteiger partial charge >= 0.3 is 0 Å². The number of anilines is 1. The van der Waals surface area contributed by atoms with Gasteiger partial charge in [-0.05, 0) is 107 Å². The van der Waals surface area contributed by atoms with Crippen LogP contribution in [0.15, 0.2) is 42.7 Å². The van der Waals surface area contributed by atoms with Gasteiger partial charge in [0, 0.05) is 49.3 Å². The molecule has 1 aliphatic heterocycles. The molecule has 7 heteroatoms. The van der Waals surface area contributed by atoms with Crippen LogP contribution >= 0.6 is 0 Å². The Hall–Kier alpha value is -3.00. The summed E-state index contributed by atoms with van der Waals surface area (Å²) >= 11 is 0. The molecule has 2 aromatic heterocycles. The molecule has 274 valence electrons. The van der Waals surface area contributed by atoms with Crippen LogP contribution in [0, 0.1) is 6.92 Å². The van der Waals surface area contributed by atoms with Gasteiger partial charge in [-0.3, -0.25) is 14.7 Å². The Morgan fingerprint density at radius 2 is 1.71 bits per heavy atom. The fraction of sp³-hybridized carbons (Fsp3) is 0.619. The summed E-state index contributed by atoms with van der Waals surface area (Å²) in [7, 11) is 1.98. The molecule has 2 atom stereocenters. The highest BCUT2D eigenvalue weighted by atomic mass is 16.5. The number of carbonyl (C=O) groups is 1. The van der Waals surface area contributed by atoms with E-state index in [-0.39, 0.29) is 5.91 Å². The minimum Gasteiger partial charge on any atom is -0.379 e. The number of pyridine rings is 1. The van der Waals surface area contributed by atoms with E-state index in [1.54, 1.807) is 6.20 Å². The van der Waals surface area contributed by atoms with Gasteiger partial charge in [-0.2, -0.15) is 0 Å². The summed E-state index contributed by atoms with van der Waals surface area (Å²) in [6.45, 7) is 27.6. The molecule has 1 aliphatic carbocycles. The van der Waals surface area contributed by atoms with Gasteiger partial charge in [0.15, 0.2) is 0 Å². The fourth-order valence-electron chi connectivity index (χ4n) is 6.71. The maximum atomic E-state index is 13.1. The Morgan fingerprint density at radius 1 is 1.04 bits per heavy atom. The van der Waals surface area contributed by atoms with Crippen molar-refractivity contribution in [1.29, 1.82) is 0 Å². The number of allylic oxidation sites excluding steroid dienone is 1. The molecule has 2 aliphatic rings. The standard InChI is InChI=1S/C28H34N4O2.C10H23N.2C2H6/c1-4-20-5-10-26-24(16-20)25(18-31(26)3)28(33)30-22-15-19(2)27(29-17-22)21-6-8-23(9-7-21)32-11-13-34-14-12-32;1-5-8-11(9-6-2)10(4)7-3;2*1-2/h5-6,10,15-18,23H,4,7-9,11-14H2,1-3H3,(H,30,33);10H,5-9H2,1-4H3;2*1-2H3. The monoisotopic (exact) mass is 676 g/mol. The highest BCUT2D eigenvalue weighted by molar-refractivity contribution is 6.13. The van der Waals surface area contributed by atoms with Crippen molar-refractivity contribution >= 4 is 28.1 Å². The molecule has 1 aromatic carbocycles. The van der Waals surface area contributed by atoms with Crippen LogP contribution < -0.4 is 5.32 Å². The first-order valence-electron chi connectivity index (χ1n) is 19.4. The van der Waals surface area contributed by atoms with Crippen molar-refractivity contribution < 1.29 is 9.53 Å². The SMILES string of the molecule is CC.CC.CCCN(CCC)C(C)CC.CCc1ccc2c(c1)c(C(=O)Nc1cnc(C3=CCC(N4CCOCC4)CC3)c(C)c1)cn2C. The Kier molecular flexibility index (Phi) is 19.5. The average molecular weight is 676 g/mol. The van der Waals surface area contributed by atoms with E-state index in [9.17, 15) is 4.79 Å². The smallest absolute Gasteiger partial charge is 0.257 e. The highest BCUT2D eigenvalue weighted by Crippen LogP contribution is 2.31. The van der Waals surface area contributed by atoms with Crippen molar-refractivity contribution in [1.82, 2.24) is 19.4 Å². The second-order valence-corrected chi connectivity index (χ2v) is 12.8. The van der Waals surface area contributed by atoms with Crippen LogP contribution in [0.5, 0.6) is 0 Å². The topological polar surface area (TPSA) is 62.6 Å².